The first-order valence-corrected chi connectivity index (χ1v) is 7.86. The Morgan fingerprint density at radius 2 is 1.48 bits per heavy atom. The number of hydrogen-bond donors (Lipinski definition) is 2. The molecule has 2 aromatic rings. The van der Waals surface area contributed by atoms with E-state index in [0.29, 0.717) is 47.1 Å². The summed E-state index contributed by atoms with van der Waals surface area (Å²) in [5, 5.41) is 18.5. The number of rotatable bonds is 4. The van der Waals surface area contributed by atoms with Gasteiger partial charge in [-0.05, 0) is 42.2 Å². The third kappa shape index (κ3) is 2.63. The topological polar surface area (TPSA) is 81.0 Å². The molecule has 1 aliphatic rings. The average molecular weight is 343 g/mol. The van der Waals surface area contributed by atoms with Crippen LogP contribution < -0.4 is 18.9 Å². The number of aromatic hydroxyl groups is 1. The van der Waals surface area contributed by atoms with Crippen molar-refractivity contribution in [3.63, 3.8) is 0 Å². The van der Waals surface area contributed by atoms with Gasteiger partial charge in [0.15, 0.2) is 23.0 Å². The van der Waals surface area contributed by atoms with E-state index in [-0.39, 0.29) is 5.75 Å². The van der Waals surface area contributed by atoms with Gasteiger partial charge >= 0.3 is 0 Å². The van der Waals surface area contributed by atoms with Crippen molar-refractivity contribution in [2.45, 2.75) is 12.8 Å². The quantitative estimate of drug-likeness (QED) is 0.889. The molecule has 0 spiro atoms. The molecule has 0 saturated heterocycles. The summed E-state index contributed by atoms with van der Waals surface area (Å²) in [5.74, 6) is 1.97. The normalized spacial score (nSPS) is 12.7. The number of hydrogen-bond acceptors (Lipinski definition) is 6. The van der Waals surface area contributed by atoms with E-state index in [0.717, 1.165) is 16.7 Å². The Balaban J connectivity index is 2.41. The van der Waals surface area contributed by atoms with Crippen molar-refractivity contribution in [2.24, 2.45) is 0 Å². The van der Waals surface area contributed by atoms with Gasteiger partial charge < -0.3 is 29.5 Å². The van der Waals surface area contributed by atoms with Crippen molar-refractivity contribution in [3.8, 4) is 39.9 Å². The fraction of sp³-hybridized carbons (Fsp3) is 0.316. The lowest BCUT2D eigenvalue weighted by Crippen LogP contribution is -2.01. The molecule has 132 valence electrons. The maximum Gasteiger partial charge on any atom is 0.203 e. The molecule has 0 saturated carbocycles. The molecule has 0 radical (unpaired) electrons. The van der Waals surface area contributed by atoms with Crippen LogP contribution in [-0.2, 0) is 6.42 Å². The third-order valence-corrected chi connectivity index (χ3v) is 4.47. The molecular formula is C19H21NO5. The van der Waals surface area contributed by atoms with Crippen molar-refractivity contribution < 1.29 is 24.1 Å². The number of benzene rings is 2. The number of methoxy groups -OCH3 is 4. The van der Waals surface area contributed by atoms with Crippen LogP contribution in [0.3, 0.4) is 0 Å². The van der Waals surface area contributed by atoms with Gasteiger partial charge in [-0.15, -0.1) is 0 Å². The highest BCUT2D eigenvalue weighted by atomic mass is 16.5. The molecule has 2 aromatic carbocycles. The van der Waals surface area contributed by atoms with E-state index in [4.69, 9.17) is 24.4 Å². The zero-order chi connectivity index (χ0) is 18.1. The molecule has 0 unspecified atom stereocenters. The molecule has 0 atom stereocenters. The number of phenols is 1. The molecule has 0 amide bonds. The monoisotopic (exact) mass is 343 g/mol. The van der Waals surface area contributed by atoms with Gasteiger partial charge in [-0.3, -0.25) is 0 Å². The van der Waals surface area contributed by atoms with E-state index in [1.165, 1.54) is 7.11 Å². The number of nitrogens with one attached hydrogen (secondary N) is 1. The minimum Gasteiger partial charge on any atom is -0.504 e. The summed E-state index contributed by atoms with van der Waals surface area (Å²) in [6.45, 7) is 0. The molecule has 3 rings (SSSR count). The highest BCUT2D eigenvalue weighted by molar-refractivity contribution is 6.07. The van der Waals surface area contributed by atoms with Crippen LogP contribution in [0.25, 0.3) is 11.1 Å². The van der Waals surface area contributed by atoms with Gasteiger partial charge in [-0.2, -0.15) is 0 Å². The zero-order valence-electron chi connectivity index (χ0n) is 14.7. The van der Waals surface area contributed by atoms with E-state index in [2.05, 4.69) is 0 Å². The first kappa shape index (κ1) is 17.0. The van der Waals surface area contributed by atoms with E-state index in [1.54, 1.807) is 33.5 Å². The van der Waals surface area contributed by atoms with Crippen molar-refractivity contribution in [1.29, 1.82) is 5.41 Å². The van der Waals surface area contributed by atoms with Gasteiger partial charge in [0.2, 0.25) is 5.75 Å². The van der Waals surface area contributed by atoms with Crippen LogP contribution in [0.1, 0.15) is 17.5 Å². The maximum atomic E-state index is 10.1. The summed E-state index contributed by atoms with van der Waals surface area (Å²) in [4.78, 5) is 0. The van der Waals surface area contributed by atoms with Crippen LogP contribution >= 0.6 is 0 Å². The van der Waals surface area contributed by atoms with Crippen LogP contribution in [0.4, 0.5) is 0 Å². The number of aryl methyl sites for hydroxylation is 1. The minimum absolute atomic E-state index is 0.00823. The Morgan fingerprint density at radius 3 is 2.08 bits per heavy atom. The SMILES string of the molecule is COc1cc2c(cc1O)C(=N)CCc1cc(OC)c(OC)c(OC)c1-2. The maximum absolute atomic E-state index is 10.1. The molecule has 0 bridgehead atoms. The standard InChI is InChI=1S/C19H21NO5/c1-22-15-9-12-11(8-14(15)21)13(20)6-5-10-7-16(23-2)18(24-3)19(25-4)17(10)12/h7-9,20-21H,5-6H2,1-4H3. The Hall–Kier alpha value is -2.89. The average Bonchev–Trinajstić information content (AvgIpc) is 2.76. The van der Waals surface area contributed by atoms with E-state index >= 15 is 0 Å². The van der Waals surface area contributed by atoms with Crippen molar-refractivity contribution in [3.05, 3.63) is 29.3 Å². The Bertz CT molecular complexity index is 844. The number of ether oxygens (including phenoxy) is 4. The van der Waals surface area contributed by atoms with Crippen LogP contribution in [0.2, 0.25) is 0 Å². The predicted molar refractivity (Wildman–Crippen MR) is 94.9 cm³/mol. The van der Waals surface area contributed by atoms with Gasteiger partial charge in [0, 0.05) is 16.8 Å². The van der Waals surface area contributed by atoms with Crippen LogP contribution in [0.5, 0.6) is 28.7 Å². The molecule has 0 aliphatic heterocycles. The van der Waals surface area contributed by atoms with Crippen molar-refractivity contribution in [2.75, 3.05) is 28.4 Å². The first-order chi connectivity index (χ1) is 12.0. The first-order valence-electron chi connectivity index (χ1n) is 7.86. The third-order valence-electron chi connectivity index (χ3n) is 4.47. The molecule has 6 heteroatoms. The van der Waals surface area contributed by atoms with Crippen molar-refractivity contribution in [1.82, 2.24) is 0 Å². The zero-order valence-corrected chi connectivity index (χ0v) is 14.7. The molecule has 1 aliphatic carbocycles. The summed E-state index contributed by atoms with van der Waals surface area (Å²) in [7, 11) is 6.21. The van der Waals surface area contributed by atoms with Crippen LogP contribution in [-0.4, -0.2) is 39.3 Å². The summed E-state index contributed by atoms with van der Waals surface area (Å²) in [6, 6.07) is 5.22. The highest BCUT2D eigenvalue weighted by Gasteiger charge is 2.28. The lowest BCUT2D eigenvalue weighted by Gasteiger charge is -2.20. The molecule has 0 fully saturated rings. The van der Waals surface area contributed by atoms with Gasteiger partial charge in [0.25, 0.3) is 0 Å². The minimum atomic E-state index is 0.00823. The summed E-state index contributed by atoms with van der Waals surface area (Å²) in [6.07, 6.45) is 1.20. The van der Waals surface area contributed by atoms with Gasteiger partial charge in [-0.25, -0.2) is 0 Å². The lowest BCUT2D eigenvalue weighted by molar-refractivity contribution is 0.324. The molecular weight excluding hydrogens is 322 g/mol. The Labute approximate surface area is 146 Å². The largest absolute Gasteiger partial charge is 0.504 e. The Morgan fingerprint density at radius 1 is 0.800 bits per heavy atom. The summed E-state index contributed by atoms with van der Waals surface area (Å²) < 4.78 is 21.9. The van der Waals surface area contributed by atoms with Crippen LogP contribution in [0.15, 0.2) is 18.2 Å². The molecule has 0 heterocycles. The number of fused-ring (bicyclic) bond motifs is 3. The fourth-order valence-electron chi connectivity index (χ4n) is 3.28. The molecule has 25 heavy (non-hydrogen) atoms. The van der Waals surface area contributed by atoms with Gasteiger partial charge in [0.05, 0.1) is 28.4 Å². The Kier molecular flexibility index (Phi) is 4.44. The van der Waals surface area contributed by atoms with E-state index < -0.39 is 0 Å². The van der Waals surface area contributed by atoms with Gasteiger partial charge in [-0.1, -0.05) is 0 Å². The van der Waals surface area contributed by atoms with E-state index in [1.807, 2.05) is 6.07 Å². The van der Waals surface area contributed by atoms with Crippen molar-refractivity contribution >= 4 is 5.71 Å². The second kappa shape index (κ2) is 6.55. The second-order valence-electron chi connectivity index (χ2n) is 5.73. The fourth-order valence-corrected chi connectivity index (χ4v) is 3.28. The summed E-state index contributed by atoms with van der Waals surface area (Å²) >= 11 is 0. The molecule has 0 aromatic heterocycles. The summed E-state index contributed by atoms with van der Waals surface area (Å²) in [5.41, 5.74) is 3.69. The highest BCUT2D eigenvalue weighted by Crippen LogP contribution is 2.50. The smallest absolute Gasteiger partial charge is 0.203 e. The van der Waals surface area contributed by atoms with Gasteiger partial charge in [0.1, 0.15) is 0 Å². The number of phenolic OH excluding ortho intramolecular Hbond substituents is 1. The predicted octanol–water partition coefficient (Wildman–Crippen LogP) is 3.41. The molecule has 2 N–H and O–H groups in total. The van der Waals surface area contributed by atoms with E-state index in [9.17, 15) is 5.11 Å². The van der Waals surface area contributed by atoms with Crippen LogP contribution in [0, 0.1) is 5.41 Å². The molecule has 6 nitrogen and oxygen atoms in total. The lowest BCUT2D eigenvalue weighted by atomic mass is 9.94. The second-order valence-corrected chi connectivity index (χ2v) is 5.73.